The number of hydrogen-bond donors (Lipinski definition) is 2. The number of amides is 2. The lowest BCUT2D eigenvalue weighted by molar-refractivity contribution is -0.118. The number of halogens is 2. The van der Waals surface area contributed by atoms with Crippen LogP contribution in [0.1, 0.15) is 9.67 Å². The number of carbonyl (C=O) groups excluding carboxylic acids is 2. The van der Waals surface area contributed by atoms with E-state index in [9.17, 15) is 18.4 Å². The summed E-state index contributed by atoms with van der Waals surface area (Å²) in [6.07, 6.45) is 0. The van der Waals surface area contributed by atoms with E-state index >= 15 is 0 Å². The predicted molar refractivity (Wildman–Crippen MR) is 111 cm³/mol. The van der Waals surface area contributed by atoms with Gasteiger partial charge in [-0.3, -0.25) is 9.59 Å². The van der Waals surface area contributed by atoms with Gasteiger partial charge in [0.1, 0.15) is 5.75 Å². The van der Waals surface area contributed by atoms with Crippen LogP contribution < -0.4 is 15.4 Å². The highest BCUT2D eigenvalue weighted by Gasteiger charge is 2.08. The van der Waals surface area contributed by atoms with E-state index in [2.05, 4.69) is 10.6 Å². The van der Waals surface area contributed by atoms with Crippen LogP contribution in [0.5, 0.6) is 5.75 Å². The third-order valence-electron chi connectivity index (χ3n) is 3.59. The van der Waals surface area contributed by atoms with Crippen molar-refractivity contribution in [2.24, 2.45) is 0 Å². The minimum absolute atomic E-state index is 0.189. The molecule has 2 N–H and O–H groups in total. The van der Waals surface area contributed by atoms with Crippen molar-refractivity contribution >= 4 is 46.3 Å². The van der Waals surface area contributed by atoms with Crippen molar-refractivity contribution in [3.05, 3.63) is 70.9 Å². The maximum absolute atomic E-state index is 12.3. The number of rotatable bonds is 8. The fraction of sp³-hybridized carbons (Fsp3) is 0.100. The molecule has 0 aliphatic carbocycles. The standard InChI is InChI=1S/C20H16F2N2O3S2/c21-20(22)29-16-9-5-13(6-10-16)23-18(25)12-27-15-7-3-14(4-8-15)24-19(26)17-2-1-11-28-17/h1-11,20H,12H2,(H,23,25)(H,24,26). The first kappa shape index (κ1) is 20.8. The van der Waals surface area contributed by atoms with Crippen LogP contribution in [-0.4, -0.2) is 24.2 Å². The molecule has 29 heavy (non-hydrogen) atoms. The zero-order valence-electron chi connectivity index (χ0n) is 14.9. The zero-order valence-corrected chi connectivity index (χ0v) is 16.6. The number of thioether (sulfide) groups is 1. The highest BCUT2D eigenvalue weighted by Crippen LogP contribution is 2.26. The van der Waals surface area contributed by atoms with Crippen molar-refractivity contribution in [1.29, 1.82) is 0 Å². The average Bonchev–Trinajstić information content (AvgIpc) is 3.24. The maximum Gasteiger partial charge on any atom is 0.288 e. The molecular formula is C20H16F2N2O3S2. The van der Waals surface area contributed by atoms with Gasteiger partial charge in [-0.1, -0.05) is 17.8 Å². The molecule has 0 aliphatic heterocycles. The fourth-order valence-corrected chi connectivity index (χ4v) is 3.42. The number of thiophene rings is 1. The molecule has 3 rings (SSSR count). The van der Waals surface area contributed by atoms with Crippen LogP contribution >= 0.6 is 23.1 Å². The Morgan fingerprint density at radius 3 is 2.24 bits per heavy atom. The Hall–Kier alpha value is -2.91. The van der Waals surface area contributed by atoms with E-state index in [4.69, 9.17) is 4.74 Å². The number of alkyl halides is 2. The monoisotopic (exact) mass is 434 g/mol. The highest BCUT2D eigenvalue weighted by atomic mass is 32.2. The molecule has 0 atom stereocenters. The van der Waals surface area contributed by atoms with Crippen molar-refractivity contribution in [1.82, 2.24) is 0 Å². The molecule has 0 saturated heterocycles. The van der Waals surface area contributed by atoms with Gasteiger partial charge in [-0.05, 0) is 60.0 Å². The minimum Gasteiger partial charge on any atom is -0.484 e. The van der Waals surface area contributed by atoms with Crippen LogP contribution in [-0.2, 0) is 4.79 Å². The molecule has 1 heterocycles. The SMILES string of the molecule is O=C(COc1ccc(NC(=O)c2cccs2)cc1)Nc1ccc(SC(F)F)cc1. The summed E-state index contributed by atoms with van der Waals surface area (Å²) in [7, 11) is 0. The summed E-state index contributed by atoms with van der Waals surface area (Å²) in [4.78, 5) is 25.0. The van der Waals surface area contributed by atoms with E-state index in [-0.39, 0.29) is 18.4 Å². The molecule has 150 valence electrons. The topological polar surface area (TPSA) is 67.4 Å². The van der Waals surface area contributed by atoms with E-state index in [0.29, 0.717) is 38.7 Å². The number of ether oxygens (including phenoxy) is 1. The van der Waals surface area contributed by atoms with Crippen molar-refractivity contribution in [3.8, 4) is 5.75 Å². The predicted octanol–water partition coefficient (Wildman–Crippen LogP) is 5.33. The Kier molecular flexibility index (Phi) is 7.20. The third-order valence-corrected chi connectivity index (χ3v) is 5.18. The molecule has 5 nitrogen and oxygen atoms in total. The Bertz CT molecular complexity index is 947. The Morgan fingerprint density at radius 2 is 1.62 bits per heavy atom. The summed E-state index contributed by atoms with van der Waals surface area (Å²) in [6.45, 7) is -0.214. The van der Waals surface area contributed by atoms with E-state index in [1.54, 1.807) is 48.5 Å². The number of nitrogens with one attached hydrogen (secondary N) is 2. The van der Waals surface area contributed by atoms with E-state index in [0.717, 1.165) is 0 Å². The van der Waals surface area contributed by atoms with E-state index < -0.39 is 5.76 Å². The summed E-state index contributed by atoms with van der Waals surface area (Å²) in [5.74, 6) is -2.59. The van der Waals surface area contributed by atoms with E-state index in [1.807, 2.05) is 5.38 Å². The summed E-state index contributed by atoms with van der Waals surface area (Å²) in [5, 5.41) is 7.23. The van der Waals surface area contributed by atoms with Crippen molar-refractivity contribution in [3.63, 3.8) is 0 Å². The number of anilines is 2. The van der Waals surface area contributed by atoms with Crippen molar-refractivity contribution in [2.45, 2.75) is 10.7 Å². The summed E-state index contributed by atoms with van der Waals surface area (Å²) in [5.41, 5.74) is 1.10. The molecule has 3 aromatic rings. The fourth-order valence-electron chi connectivity index (χ4n) is 2.30. The zero-order chi connectivity index (χ0) is 20.6. The van der Waals surface area contributed by atoms with Crippen molar-refractivity contribution < 1.29 is 23.1 Å². The average molecular weight is 434 g/mol. The van der Waals surface area contributed by atoms with Crippen LogP contribution in [0.4, 0.5) is 20.2 Å². The minimum atomic E-state index is -2.49. The lowest BCUT2D eigenvalue weighted by atomic mass is 10.3. The van der Waals surface area contributed by atoms with Crippen LogP contribution in [0.3, 0.4) is 0 Å². The van der Waals surface area contributed by atoms with Crippen LogP contribution in [0.2, 0.25) is 0 Å². The second-order valence-corrected chi connectivity index (χ2v) is 7.71. The summed E-state index contributed by atoms with van der Waals surface area (Å²) < 4.78 is 30.0. The Morgan fingerprint density at radius 1 is 0.966 bits per heavy atom. The molecule has 2 amide bonds. The molecule has 0 saturated carbocycles. The van der Waals surface area contributed by atoms with Gasteiger partial charge in [0.2, 0.25) is 0 Å². The summed E-state index contributed by atoms with van der Waals surface area (Å²) in [6, 6.07) is 16.3. The number of hydrogen-bond acceptors (Lipinski definition) is 5. The molecule has 0 unspecified atom stereocenters. The molecule has 2 aromatic carbocycles. The van der Waals surface area contributed by atoms with Gasteiger partial charge in [-0.25, -0.2) is 0 Å². The van der Waals surface area contributed by atoms with Gasteiger partial charge in [0.05, 0.1) is 4.88 Å². The smallest absolute Gasteiger partial charge is 0.288 e. The van der Waals surface area contributed by atoms with E-state index in [1.165, 1.54) is 23.5 Å². The highest BCUT2D eigenvalue weighted by molar-refractivity contribution is 7.99. The molecule has 0 spiro atoms. The molecule has 0 radical (unpaired) electrons. The number of benzene rings is 2. The quantitative estimate of drug-likeness (QED) is 0.470. The van der Waals surface area contributed by atoms with Gasteiger partial charge < -0.3 is 15.4 Å². The Labute approximate surface area is 174 Å². The third kappa shape index (κ3) is 6.58. The molecule has 9 heteroatoms. The van der Waals surface area contributed by atoms with Gasteiger partial charge >= 0.3 is 0 Å². The van der Waals surface area contributed by atoms with Gasteiger partial charge in [0, 0.05) is 16.3 Å². The molecule has 0 aliphatic rings. The molecular weight excluding hydrogens is 418 g/mol. The largest absolute Gasteiger partial charge is 0.484 e. The molecule has 1 aromatic heterocycles. The summed E-state index contributed by atoms with van der Waals surface area (Å²) >= 11 is 1.79. The first-order chi connectivity index (χ1) is 14.0. The Balaban J connectivity index is 1.45. The molecule has 0 fully saturated rings. The maximum atomic E-state index is 12.3. The first-order valence-electron chi connectivity index (χ1n) is 8.42. The lowest BCUT2D eigenvalue weighted by Gasteiger charge is -2.09. The van der Waals surface area contributed by atoms with Crippen molar-refractivity contribution in [2.75, 3.05) is 17.2 Å². The number of carbonyl (C=O) groups is 2. The first-order valence-corrected chi connectivity index (χ1v) is 10.2. The normalized spacial score (nSPS) is 10.6. The van der Waals surface area contributed by atoms with Gasteiger partial charge in [0.15, 0.2) is 6.61 Å². The van der Waals surface area contributed by atoms with Crippen LogP contribution in [0.15, 0.2) is 70.9 Å². The van der Waals surface area contributed by atoms with Gasteiger partial charge in [-0.2, -0.15) is 8.78 Å². The lowest BCUT2D eigenvalue weighted by Crippen LogP contribution is -2.20. The van der Waals surface area contributed by atoms with Crippen LogP contribution in [0, 0.1) is 0 Å². The van der Waals surface area contributed by atoms with Crippen LogP contribution in [0.25, 0.3) is 0 Å². The van der Waals surface area contributed by atoms with Gasteiger partial charge in [-0.15, -0.1) is 11.3 Å². The second-order valence-electron chi connectivity index (χ2n) is 5.70. The molecule has 0 bridgehead atoms. The second kappa shape index (κ2) is 10.0. The van der Waals surface area contributed by atoms with Gasteiger partial charge in [0.25, 0.3) is 17.6 Å².